The molecule has 0 spiro atoms. The number of carbonyl (C=O) groups excluding carboxylic acids is 2. The fraction of sp³-hybridized carbons (Fsp3) is 0.0870. The Balaban J connectivity index is 1.75. The van der Waals surface area contributed by atoms with Gasteiger partial charge in [0.05, 0.1) is 0 Å². The zero-order valence-corrected chi connectivity index (χ0v) is 14.9. The first-order chi connectivity index (χ1) is 13.5. The summed E-state index contributed by atoms with van der Waals surface area (Å²) < 4.78 is 0. The van der Waals surface area contributed by atoms with E-state index in [-0.39, 0.29) is 18.0 Å². The molecule has 5 nitrogen and oxygen atoms in total. The van der Waals surface area contributed by atoms with Crippen LogP contribution < -0.4 is 5.73 Å². The van der Waals surface area contributed by atoms with Crippen molar-refractivity contribution in [1.82, 2.24) is 0 Å². The van der Waals surface area contributed by atoms with Gasteiger partial charge in [0.15, 0.2) is 11.6 Å². The van der Waals surface area contributed by atoms with Crippen molar-refractivity contribution in [2.45, 2.75) is 12.5 Å². The van der Waals surface area contributed by atoms with Crippen molar-refractivity contribution in [2.24, 2.45) is 5.73 Å². The van der Waals surface area contributed by atoms with E-state index in [1.54, 1.807) is 54.6 Å². The fourth-order valence-corrected chi connectivity index (χ4v) is 3.47. The molecule has 0 fully saturated rings. The first-order valence-corrected chi connectivity index (χ1v) is 8.86. The van der Waals surface area contributed by atoms with Gasteiger partial charge in [-0.1, -0.05) is 60.7 Å². The van der Waals surface area contributed by atoms with Crippen LogP contribution in [0.1, 0.15) is 37.4 Å². The van der Waals surface area contributed by atoms with E-state index >= 15 is 0 Å². The topological polar surface area (TPSA) is 97.5 Å². The minimum atomic E-state index is -1.05. The first-order valence-electron chi connectivity index (χ1n) is 8.86. The summed E-state index contributed by atoms with van der Waals surface area (Å²) in [6, 6.07) is 18.3. The second-order valence-corrected chi connectivity index (χ2v) is 6.81. The molecule has 1 unspecified atom stereocenters. The highest BCUT2D eigenvalue weighted by Crippen LogP contribution is 2.31. The van der Waals surface area contributed by atoms with Gasteiger partial charge in [-0.3, -0.25) is 14.4 Å². The molecule has 2 bridgehead atoms. The second kappa shape index (κ2) is 6.87. The fourth-order valence-electron chi connectivity index (χ4n) is 3.47. The quantitative estimate of drug-likeness (QED) is 0.574. The van der Waals surface area contributed by atoms with Crippen molar-refractivity contribution < 1.29 is 19.5 Å². The Morgan fingerprint density at radius 3 is 2.04 bits per heavy atom. The molecule has 1 atom stereocenters. The van der Waals surface area contributed by atoms with Crippen molar-refractivity contribution in [3.63, 3.8) is 0 Å². The Morgan fingerprint density at radius 1 is 0.786 bits per heavy atom. The monoisotopic (exact) mass is 371 g/mol. The smallest absolute Gasteiger partial charge is 0.320 e. The molecule has 28 heavy (non-hydrogen) atoms. The van der Waals surface area contributed by atoms with E-state index in [9.17, 15) is 14.4 Å². The lowest BCUT2D eigenvalue weighted by atomic mass is 9.93. The lowest BCUT2D eigenvalue weighted by Gasteiger charge is -2.11. The number of fused-ring (bicyclic) bond motifs is 3. The van der Waals surface area contributed by atoms with E-state index < -0.39 is 12.0 Å². The molecule has 0 amide bonds. The highest BCUT2D eigenvalue weighted by atomic mass is 16.4. The number of hydrogen-bond acceptors (Lipinski definition) is 4. The van der Waals surface area contributed by atoms with Gasteiger partial charge in [0.25, 0.3) is 0 Å². The van der Waals surface area contributed by atoms with Gasteiger partial charge in [-0.05, 0) is 29.2 Å². The van der Waals surface area contributed by atoms with Crippen LogP contribution in [0.5, 0.6) is 0 Å². The number of nitrogens with two attached hydrogens (primary N) is 1. The van der Waals surface area contributed by atoms with Crippen molar-refractivity contribution >= 4 is 17.5 Å². The number of benzene rings is 3. The molecule has 3 aromatic carbocycles. The SMILES string of the molecule is NC(Cc1ccc(-c2ccc3cc2C(=O)c2ccccc2C3=O)cc1)C(=O)O. The third-order valence-corrected chi connectivity index (χ3v) is 4.98. The molecule has 0 heterocycles. The van der Waals surface area contributed by atoms with Crippen molar-refractivity contribution in [3.8, 4) is 11.1 Å². The van der Waals surface area contributed by atoms with Crippen LogP contribution in [0.25, 0.3) is 11.1 Å². The number of aliphatic carboxylic acids is 1. The summed E-state index contributed by atoms with van der Waals surface area (Å²) in [7, 11) is 0. The third kappa shape index (κ3) is 3.02. The Morgan fingerprint density at radius 2 is 1.39 bits per heavy atom. The number of carboxylic acid groups (broad SMARTS) is 1. The van der Waals surface area contributed by atoms with E-state index in [1.807, 2.05) is 12.1 Å². The number of rotatable bonds is 4. The highest BCUT2D eigenvalue weighted by molar-refractivity contribution is 6.24. The second-order valence-electron chi connectivity index (χ2n) is 6.81. The van der Waals surface area contributed by atoms with Crippen molar-refractivity contribution in [1.29, 1.82) is 0 Å². The summed E-state index contributed by atoms with van der Waals surface area (Å²) in [6.07, 6.45) is 0.224. The van der Waals surface area contributed by atoms with Crippen LogP contribution in [0.2, 0.25) is 0 Å². The van der Waals surface area contributed by atoms with Gasteiger partial charge in [-0.15, -0.1) is 0 Å². The summed E-state index contributed by atoms with van der Waals surface area (Å²) >= 11 is 0. The minimum Gasteiger partial charge on any atom is -0.480 e. The Labute approximate surface area is 161 Å². The maximum Gasteiger partial charge on any atom is 0.320 e. The molecular formula is C23H17NO4. The van der Waals surface area contributed by atoms with Crippen LogP contribution in [0.15, 0.2) is 66.7 Å². The molecule has 5 heteroatoms. The first kappa shape index (κ1) is 17.8. The average Bonchev–Trinajstić information content (AvgIpc) is 2.79. The predicted molar refractivity (Wildman–Crippen MR) is 105 cm³/mol. The van der Waals surface area contributed by atoms with Gasteiger partial charge in [-0.2, -0.15) is 0 Å². The van der Waals surface area contributed by atoms with Gasteiger partial charge in [0, 0.05) is 22.3 Å². The van der Waals surface area contributed by atoms with Crippen LogP contribution >= 0.6 is 0 Å². The molecule has 0 saturated carbocycles. The molecule has 0 radical (unpaired) electrons. The summed E-state index contributed by atoms with van der Waals surface area (Å²) in [5, 5.41) is 8.94. The van der Waals surface area contributed by atoms with E-state index in [2.05, 4.69) is 0 Å². The van der Waals surface area contributed by atoms with E-state index in [0.717, 1.165) is 16.7 Å². The van der Waals surface area contributed by atoms with Gasteiger partial charge < -0.3 is 10.8 Å². The van der Waals surface area contributed by atoms with Crippen molar-refractivity contribution in [3.05, 3.63) is 94.5 Å². The summed E-state index contributed by atoms with van der Waals surface area (Å²) in [5.41, 5.74) is 9.71. The average molecular weight is 371 g/mol. The molecular weight excluding hydrogens is 354 g/mol. The maximum atomic E-state index is 13.1. The lowest BCUT2D eigenvalue weighted by Crippen LogP contribution is -2.32. The van der Waals surface area contributed by atoms with Crippen LogP contribution in [0.4, 0.5) is 0 Å². The highest BCUT2D eigenvalue weighted by Gasteiger charge is 2.26. The zero-order valence-electron chi connectivity index (χ0n) is 14.9. The Kier molecular flexibility index (Phi) is 4.37. The normalized spacial score (nSPS) is 13.6. The number of carboxylic acids is 1. The van der Waals surface area contributed by atoms with Gasteiger partial charge in [0.1, 0.15) is 6.04 Å². The summed E-state index contributed by atoms with van der Waals surface area (Å²) in [4.78, 5) is 36.7. The maximum absolute atomic E-state index is 13.1. The number of hydrogen-bond donors (Lipinski definition) is 2. The molecule has 1 aliphatic rings. The van der Waals surface area contributed by atoms with Gasteiger partial charge in [-0.25, -0.2) is 0 Å². The van der Waals surface area contributed by atoms with E-state index in [1.165, 1.54) is 0 Å². The molecule has 0 aromatic heterocycles. The molecule has 1 aliphatic carbocycles. The molecule has 3 N–H and O–H groups in total. The van der Waals surface area contributed by atoms with Crippen LogP contribution in [-0.2, 0) is 11.2 Å². The van der Waals surface area contributed by atoms with Gasteiger partial charge >= 0.3 is 5.97 Å². The number of carbonyl (C=O) groups is 3. The standard InChI is InChI=1S/C23H17NO4/c24-20(23(27)28)11-13-5-7-14(8-6-13)16-10-9-15-12-19(16)22(26)18-4-2-1-3-17(18)21(15)25/h1-10,12,20H,11,24H2,(H,27,28). The van der Waals surface area contributed by atoms with Crippen LogP contribution in [0.3, 0.4) is 0 Å². The van der Waals surface area contributed by atoms with E-state index in [0.29, 0.717) is 22.3 Å². The molecule has 138 valence electrons. The van der Waals surface area contributed by atoms with Gasteiger partial charge in [0.2, 0.25) is 0 Å². The molecule has 0 saturated heterocycles. The summed E-state index contributed by atoms with van der Waals surface area (Å²) in [5.74, 6) is -1.39. The van der Waals surface area contributed by atoms with Crippen LogP contribution in [-0.4, -0.2) is 28.7 Å². The predicted octanol–water partition coefficient (Wildman–Crippen LogP) is 3.08. The molecule has 4 rings (SSSR count). The Bertz CT molecular complexity index is 1120. The third-order valence-electron chi connectivity index (χ3n) is 4.98. The lowest BCUT2D eigenvalue weighted by molar-refractivity contribution is -0.138. The largest absolute Gasteiger partial charge is 0.480 e. The summed E-state index contributed by atoms with van der Waals surface area (Å²) in [6.45, 7) is 0. The zero-order chi connectivity index (χ0) is 19.8. The van der Waals surface area contributed by atoms with Crippen molar-refractivity contribution in [2.75, 3.05) is 0 Å². The minimum absolute atomic E-state index is 0.160. The molecule has 3 aromatic rings. The Hall–Kier alpha value is -3.57. The number of ketones is 2. The molecule has 0 aliphatic heterocycles. The van der Waals surface area contributed by atoms with Crippen LogP contribution in [0, 0.1) is 0 Å². The van der Waals surface area contributed by atoms with E-state index in [4.69, 9.17) is 10.8 Å².